The summed E-state index contributed by atoms with van der Waals surface area (Å²) in [5.41, 5.74) is 2.90. The molecular weight excluding hydrogens is 252 g/mol. The van der Waals surface area contributed by atoms with E-state index in [1.165, 1.54) is 0 Å². The number of carbonyl (C=O) groups is 1. The van der Waals surface area contributed by atoms with E-state index in [9.17, 15) is 4.79 Å². The van der Waals surface area contributed by atoms with Gasteiger partial charge in [-0.2, -0.15) is 0 Å². The summed E-state index contributed by atoms with van der Waals surface area (Å²) in [6.07, 6.45) is 0. The number of aryl methyl sites for hydroxylation is 2. The smallest absolute Gasteiger partial charge is 0.321 e. The highest BCUT2D eigenvalue weighted by Gasteiger charge is 2.06. The van der Waals surface area contributed by atoms with Crippen molar-refractivity contribution in [1.29, 1.82) is 0 Å². The number of hydrogen-bond donors (Lipinski definition) is 2. The summed E-state index contributed by atoms with van der Waals surface area (Å²) in [5.74, 6) is 0.722. The Labute approximate surface area is 118 Å². The normalized spacial score (nSPS) is 9.90. The first-order valence-electron chi connectivity index (χ1n) is 6.46. The summed E-state index contributed by atoms with van der Waals surface area (Å²) in [5, 5.41) is 5.50. The van der Waals surface area contributed by atoms with Crippen molar-refractivity contribution in [2.45, 2.75) is 13.8 Å². The van der Waals surface area contributed by atoms with Gasteiger partial charge in [0, 0.05) is 5.69 Å². The van der Waals surface area contributed by atoms with Crippen LogP contribution >= 0.6 is 0 Å². The predicted molar refractivity (Wildman–Crippen MR) is 80.0 cm³/mol. The van der Waals surface area contributed by atoms with Crippen molar-refractivity contribution in [2.75, 3.05) is 12.0 Å². The van der Waals surface area contributed by atoms with E-state index in [1.54, 1.807) is 0 Å². The van der Waals surface area contributed by atoms with E-state index in [0.29, 0.717) is 0 Å². The van der Waals surface area contributed by atoms with Gasteiger partial charge in [-0.25, -0.2) is 4.79 Å². The van der Waals surface area contributed by atoms with Crippen molar-refractivity contribution in [3.05, 3.63) is 59.7 Å². The van der Waals surface area contributed by atoms with Gasteiger partial charge in [0.15, 0.2) is 6.73 Å². The van der Waals surface area contributed by atoms with E-state index < -0.39 is 0 Å². The Morgan fingerprint density at radius 3 is 2.30 bits per heavy atom. The number of rotatable bonds is 4. The van der Waals surface area contributed by atoms with Crippen molar-refractivity contribution >= 4 is 11.7 Å². The number of nitrogens with one attached hydrogen (secondary N) is 2. The summed E-state index contributed by atoms with van der Waals surface area (Å²) in [7, 11) is 0. The van der Waals surface area contributed by atoms with Gasteiger partial charge in [0.05, 0.1) is 0 Å². The predicted octanol–water partition coefficient (Wildman–Crippen LogP) is 3.46. The van der Waals surface area contributed by atoms with E-state index in [0.717, 1.165) is 22.6 Å². The van der Waals surface area contributed by atoms with Crippen molar-refractivity contribution < 1.29 is 9.53 Å². The third-order valence-electron chi connectivity index (χ3n) is 2.93. The second-order valence-electron chi connectivity index (χ2n) is 4.50. The molecule has 20 heavy (non-hydrogen) atoms. The number of amides is 2. The Balaban J connectivity index is 1.84. The van der Waals surface area contributed by atoms with Crippen molar-refractivity contribution in [3.8, 4) is 5.75 Å². The van der Waals surface area contributed by atoms with Gasteiger partial charge in [0.2, 0.25) is 0 Å². The largest absolute Gasteiger partial charge is 0.473 e. The molecule has 0 aliphatic heterocycles. The lowest BCUT2D eigenvalue weighted by Crippen LogP contribution is -2.32. The molecule has 0 atom stereocenters. The van der Waals surface area contributed by atoms with Gasteiger partial charge in [-0.3, -0.25) is 0 Å². The fraction of sp³-hybridized carbons (Fsp3) is 0.188. The average molecular weight is 270 g/mol. The van der Waals surface area contributed by atoms with Crippen LogP contribution in [0.2, 0.25) is 0 Å². The lowest BCUT2D eigenvalue weighted by Gasteiger charge is -2.12. The molecule has 0 fully saturated rings. The molecule has 2 rings (SSSR count). The van der Waals surface area contributed by atoms with Crippen LogP contribution in [-0.4, -0.2) is 12.8 Å². The molecular formula is C16H18N2O2. The van der Waals surface area contributed by atoms with Gasteiger partial charge in [0.1, 0.15) is 5.75 Å². The van der Waals surface area contributed by atoms with E-state index in [4.69, 9.17) is 4.74 Å². The monoisotopic (exact) mass is 270 g/mol. The van der Waals surface area contributed by atoms with Crippen LogP contribution in [0.1, 0.15) is 11.1 Å². The molecule has 2 aromatic rings. The van der Waals surface area contributed by atoms with Crippen LogP contribution in [-0.2, 0) is 0 Å². The number of ether oxygens (including phenoxy) is 1. The molecule has 4 heteroatoms. The number of hydrogen-bond acceptors (Lipinski definition) is 2. The second kappa shape index (κ2) is 6.61. The van der Waals surface area contributed by atoms with Crippen molar-refractivity contribution in [3.63, 3.8) is 0 Å². The fourth-order valence-corrected chi connectivity index (χ4v) is 1.87. The zero-order valence-electron chi connectivity index (χ0n) is 11.6. The van der Waals surface area contributed by atoms with Crippen molar-refractivity contribution in [1.82, 2.24) is 5.32 Å². The first-order chi connectivity index (χ1) is 9.66. The van der Waals surface area contributed by atoms with Crippen LogP contribution in [0.4, 0.5) is 10.5 Å². The molecule has 0 bridgehead atoms. The van der Waals surface area contributed by atoms with Gasteiger partial charge >= 0.3 is 6.03 Å². The molecule has 2 N–H and O–H groups in total. The molecule has 0 saturated heterocycles. The SMILES string of the molecule is Cc1cccc(C)c1NC(=O)NCOc1ccccc1. The first kappa shape index (κ1) is 13.9. The minimum atomic E-state index is -0.279. The molecule has 0 spiro atoms. The third-order valence-corrected chi connectivity index (χ3v) is 2.93. The Bertz CT molecular complexity index is 562. The van der Waals surface area contributed by atoms with E-state index >= 15 is 0 Å². The fourth-order valence-electron chi connectivity index (χ4n) is 1.87. The Kier molecular flexibility index (Phi) is 4.60. The summed E-state index contributed by atoms with van der Waals surface area (Å²) in [6.45, 7) is 4.05. The van der Waals surface area contributed by atoms with Gasteiger partial charge in [-0.15, -0.1) is 0 Å². The van der Waals surface area contributed by atoms with E-state index in [-0.39, 0.29) is 12.8 Å². The number of benzene rings is 2. The van der Waals surface area contributed by atoms with Gasteiger partial charge in [-0.05, 0) is 37.1 Å². The zero-order chi connectivity index (χ0) is 14.4. The third kappa shape index (κ3) is 3.75. The van der Waals surface area contributed by atoms with Crippen LogP contribution in [0, 0.1) is 13.8 Å². The highest BCUT2D eigenvalue weighted by atomic mass is 16.5. The molecule has 2 aromatic carbocycles. The Morgan fingerprint density at radius 2 is 1.65 bits per heavy atom. The molecule has 0 aliphatic carbocycles. The average Bonchev–Trinajstić information content (AvgIpc) is 2.44. The van der Waals surface area contributed by atoms with Crippen LogP contribution in [0.5, 0.6) is 5.75 Å². The summed E-state index contributed by atoms with van der Waals surface area (Å²) < 4.78 is 5.40. The van der Waals surface area contributed by atoms with Crippen molar-refractivity contribution in [2.24, 2.45) is 0 Å². The highest BCUT2D eigenvalue weighted by Crippen LogP contribution is 2.19. The maximum absolute atomic E-state index is 11.8. The lowest BCUT2D eigenvalue weighted by atomic mass is 10.1. The molecule has 104 valence electrons. The van der Waals surface area contributed by atoms with Gasteiger partial charge < -0.3 is 15.4 Å². The van der Waals surface area contributed by atoms with Crippen LogP contribution < -0.4 is 15.4 Å². The van der Waals surface area contributed by atoms with Crippen LogP contribution in [0.15, 0.2) is 48.5 Å². The number of urea groups is 1. The van der Waals surface area contributed by atoms with Crippen LogP contribution in [0.25, 0.3) is 0 Å². The zero-order valence-corrected chi connectivity index (χ0v) is 11.6. The summed E-state index contributed by atoms with van der Waals surface area (Å²) >= 11 is 0. The molecule has 0 aliphatic rings. The highest BCUT2D eigenvalue weighted by molar-refractivity contribution is 5.90. The standard InChI is InChI=1S/C16H18N2O2/c1-12-7-6-8-13(2)15(12)18-16(19)17-11-20-14-9-4-3-5-10-14/h3-10H,11H2,1-2H3,(H2,17,18,19). The Morgan fingerprint density at radius 1 is 1.00 bits per heavy atom. The Hall–Kier alpha value is -2.49. The maximum atomic E-state index is 11.8. The molecule has 4 nitrogen and oxygen atoms in total. The summed E-state index contributed by atoms with van der Waals surface area (Å²) in [4.78, 5) is 11.8. The van der Waals surface area contributed by atoms with E-state index in [1.807, 2.05) is 62.4 Å². The summed E-state index contributed by atoms with van der Waals surface area (Å²) in [6, 6.07) is 15.0. The number of carbonyl (C=O) groups excluding carboxylic acids is 1. The lowest BCUT2D eigenvalue weighted by molar-refractivity contribution is 0.234. The topological polar surface area (TPSA) is 50.4 Å². The maximum Gasteiger partial charge on any atom is 0.321 e. The molecule has 0 unspecified atom stereocenters. The minimum Gasteiger partial charge on any atom is -0.473 e. The number of anilines is 1. The molecule has 0 saturated carbocycles. The molecule has 0 radical (unpaired) electrons. The molecule has 0 heterocycles. The number of para-hydroxylation sites is 2. The quantitative estimate of drug-likeness (QED) is 0.836. The minimum absolute atomic E-state index is 0.126. The molecule has 2 amide bonds. The van der Waals surface area contributed by atoms with Gasteiger partial charge in [0.25, 0.3) is 0 Å². The van der Waals surface area contributed by atoms with Crippen LogP contribution in [0.3, 0.4) is 0 Å². The molecule has 0 aromatic heterocycles. The van der Waals surface area contributed by atoms with Gasteiger partial charge in [-0.1, -0.05) is 36.4 Å². The van der Waals surface area contributed by atoms with E-state index in [2.05, 4.69) is 10.6 Å². The second-order valence-corrected chi connectivity index (χ2v) is 4.50. The first-order valence-corrected chi connectivity index (χ1v) is 6.46.